The van der Waals surface area contributed by atoms with Crippen LogP contribution in [0.4, 0.5) is 0 Å². The van der Waals surface area contributed by atoms with E-state index in [0.29, 0.717) is 32.0 Å². The number of hydrogen-bond acceptors (Lipinski definition) is 7. The smallest absolute Gasteiger partial charge is 0.275 e. The Bertz CT molecular complexity index is 1100. The van der Waals surface area contributed by atoms with Crippen molar-refractivity contribution in [3.05, 3.63) is 47.3 Å². The van der Waals surface area contributed by atoms with E-state index in [1.165, 1.54) is 35.7 Å². The molecule has 4 rings (SSSR count). The van der Waals surface area contributed by atoms with Gasteiger partial charge in [-0.15, -0.1) is 11.3 Å². The third kappa shape index (κ3) is 2.11. The van der Waals surface area contributed by atoms with Gasteiger partial charge in [0.15, 0.2) is 0 Å². The van der Waals surface area contributed by atoms with E-state index in [0.717, 1.165) is 5.75 Å². The Kier molecular flexibility index (Phi) is 3.39. The lowest BCUT2D eigenvalue weighted by atomic mass is 10.3. The van der Waals surface area contributed by atoms with Crippen molar-refractivity contribution in [2.75, 3.05) is 14.2 Å². The molecule has 8 heteroatoms. The van der Waals surface area contributed by atoms with Crippen LogP contribution < -0.4 is 15.0 Å². The summed E-state index contributed by atoms with van der Waals surface area (Å²) in [7, 11) is 3.13. The number of benzene rings is 1. The molecule has 0 fully saturated rings. The maximum absolute atomic E-state index is 12.9. The van der Waals surface area contributed by atoms with Crippen molar-refractivity contribution < 1.29 is 9.47 Å². The fraction of sp³-hybridized carbons (Fsp3) is 0.125. The summed E-state index contributed by atoms with van der Waals surface area (Å²) in [6.45, 7) is 0. The van der Waals surface area contributed by atoms with Crippen molar-refractivity contribution in [1.82, 2.24) is 19.5 Å². The molecule has 7 nitrogen and oxygen atoms in total. The van der Waals surface area contributed by atoms with E-state index in [-0.39, 0.29) is 5.56 Å². The summed E-state index contributed by atoms with van der Waals surface area (Å²) >= 11 is 1.28. The first-order valence-electron chi connectivity index (χ1n) is 7.06. The fourth-order valence-electron chi connectivity index (χ4n) is 2.52. The Morgan fingerprint density at radius 1 is 1.04 bits per heavy atom. The Labute approximate surface area is 140 Å². The first kappa shape index (κ1) is 14.6. The van der Waals surface area contributed by atoms with E-state index in [1.807, 2.05) is 12.1 Å². The Balaban J connectivity index is 1.98. The molecule has 0 saturated carbocycles. The summed E-state index contributed by atoms with van der Waals surface area (Å²) in [5, 5.41) is 0.666. The highest BCUT2D eigenvalue weighted by Gasteiger charge is 2.17. The second-order valence-corrected chi connectivity index (χ2v) is 5.96. The standard InChI is InChI=1S/C16H12N4O3S/c1-22-10-5-3-9(4-6-10)20-8-19-12-11-14(23-2)17-7-18-15(11)24-13(12)16(20)21/h3-8H,1-2H3. The zero-order chi connectivity index (χ0) is 16.7. The average molecular weight is 340 g/mol. The summed E-state index contributed by atoms with van der Waals surface area (Å²) in [6, 6.07) is 7.21. The van der Waals surface area contributed by atoms with Crippen LogP contribution in [0.5, 0.6) is 11.6 Å². The molecular weight excluding hydrogens is 328 g/mol. The van der Waals surface area contributed by atoms with E-state index in [4.69, 9.17) is 9.47 Å². The molecule has 4 aromatic rings. The third-order valence-electron chi connectivity index (χ3n) is 3.69. The molecule has 0 aliphatic rings. The summed E-state index contributed by atoms with van der Waals surface area (Å²) in [5.74, 6) is 1.14. The molecule has 0 aliphatic carbocycles. The number of hydrogen-bond donors (Lipinski definition) is 0. The lowest BCUT2D eigenvalue weighted by molar-refractivity contribution is 0.403. The van der Waals surface area contributed by atoms with Crippen molar-refractivity contribution in [3.8, 4) is 17.3 Å². The van der Waals surface area contributed by atoms with Gasteiger partial charge < -0.3 is 9.47 Å². The number of nitrogens with zero attached hydrogens (tertiary/aromatic N) is 4. The van der Waals surface area contributed by atoms with Crippen LogP contribution in [0.25, 0.3) is 26.1 Å². The van der Waals surface area contributed by atoms with Gasteiger partial charge in [0.1, 0.15) is 38.8 Å². The zero-order valence-electron chi connectivity index (χ0n) is 12.9. The summed E-state index contributed by atoms with van der Waals surface area (Å²) in [5.41, 5.74) is 1.11. The highest BCUT2D eigenvalue weighted by atomic mass is 32.1. The zero-order valence-corrected chi connectivity index (χ0v) is 13.7. The van der Waals surface area contributed by atoms with Crippen LogP contribution in [-0.4, -0.2) is 33.7 Å². The minimum Gasteiger partial charge on any atom is -0.497 e. The lowest BCUT2D eigenvalue weighted by Crippen LogP contribution is -2.17. The molecule has 3 heterocycles. The van der Waals surface area contributed by atoms with E-state index >= 15 is 0 Å². The third-order valence-corrected chi connectivity index (χ3v) is 4.76. The highest BCUT2D eigenvalue weighted by Crippen LogP contribution is 2.33. The van der Waals surface area contributed by atoms with Gasteiger partial charge in [0, 0.05) is 0 Å². The monoisotopic (exact) mass is 340 g/mol. The normalized spacial score (nSPS) is 11.1. The molecule has 0 saturated heterocycles. The van der Waals surface area contributed by atoms with Gasteiger partial charge in [-0.1, -0.05) is 0 Å². The van der Waals surface area contributed by atoms with Crippen LogP contribution in [0.15, 0.2) is 41.7 Å². The lowest BCUT2D eigenvalue weighted by Gasteiger charge is -2.06. The maximum Gasteiger partial charge on any atom is 0.275 e. The number of methoxy groups -OCH3 is 2. The molecule has 0 radical (unpaired) electrons. The Hall–Kier alpha value is -3.00. The van der Waals surface area contributed by atoms with Crippen molar-refractivity contribution >= 4 is 31.8 Å². The summed E-state index contributed by atoms with van der Waals surface area (Å²) < 4.78 is 12.4. The van der Waals surface area contributed by atoms with Crippen LogP contribution in [0.1, 0.15) is 0 Å². The fourth-order valence-corrected chi connectivity index (χ4v) is 3.54. The minimum atomic E-state index is -0.157. The van der Waals surface area contributed by atoms with Crippen LogP contribution in [-0.2, 0) is 0 Å². The largest absolute Gasteiger partial charge is 0.497 e. The van der Waals surface area contributed by atoms with E-state index < -0.39 is 0 Å². The van der Waals surface area contributed by atoms with Crippen molar-refractivity contribution in [3.63, 3.8) is 0 Å². The quantitative estimate of drug-likeness (QED) is 0.570. The van der Waals surface area contributed by atoms with Gasteiger partial charge in [-0.2, -0.15) is 0 Å². The van der Waals surface area contributed by atoms with Crippen molar-refractivity contribution in [1.29, 1.82) is 0 Å². The summed E-state index contributed by atoms with van der Waals surface area (Å²) in [4.78, 5) is 26.3. The minimum absolute atomic E-state index is 0.157. The SMILES string of the molecule is COc1ccc(-n2cnc3c(sc4ncnc(OC)c43)c2=O)cc1. The number of fused-ring (bicyclic) bond motifs is 3. The molecule has 24 heavy (non-hydrogen) atoms. The van der Waals surface area contributed by atoms with E-state index in [1.54, 1.807) is 19.2 Å². The topological polar surface area (TPSA) is 79.1 Å². The maximum atomic E-state index is 12.9. The molecule has 120 valence electrons. The number of ether oxygens (including phenoxy) is 2. The van der Waals surface area contributed by atoms with Gasteiger partial charge in [-0.05, 0) is 24.3 Å². The van der Waals surface area contributed by atoms with Gasteiger partial charge in [0.2, 0.25) is 5.88 Å². The first-order valence-corrected chi connectivity index (χ1v) is 7.88. The summed E-state index contributed by atoms with van der Waals surface area (Å²) in [6.07, 6.45) is 2.92. The highest BCUT2D eigenvalue weighted by molar-refractivity contribution is 7.25. The molecule has 1 aromatic carbocycles. The number of thiophene rings is 1. The molecule has 0 atom stereocenters. The second-order valence-electron chi connectivity index (χ2n) is 4.96. The van der Waals surface area contributed by atoms with Crippen molar-refractivity contribution in [2.24, 2.45) is 0 Å². The average Bonchev–Trinajstić information content (AvgIpc) is 3.02. The van der Waals surface area contributed by atoms with E-state index in [2.05, 4.69) is 15.0 Å². The van der Waals surface area contributed by atoms with Gasteiger partial charge in [-0.25, -0.2) is 15.0 Å². The molecule has 3 aromatic heterocycles. The van der Waals surface area contributed by atoms with Crippen LogP contribution >= 0.6 is 11.3 Å². The van der Waals surface area contributed by atoms with Gasteiger partial charge in [0.25, 0.3) is 5.56 Å². The van der Waals surface area contributed by atoms with E-state index in [9.17, 15) is 4.79 Å². The van der Waals surface area contributed by atoms with Crippen LogP contribution in [0, 0.1) is 0 Å². The Morgan fingerprint density at radius 2 is 1.83 bits per heavy atom. The predicted molar refractivity (Wildman–Crippen MR) is 91.4 cm³/mol. The van der Waals surface area contributed by atoms with Crippen LogP contribution in [0.2, 0.25) is 0 Å². The number of aromatic nitrogens is 4. The molecule has 0 spiro atoms. The molecular formula is C16H12N4O3S. The first-order chi connectivity index (χ1) is 11.7. The molecule has 0 aliphatic heterocycles. The predicted octanol–water partition coefficient (Wildman–Crippen LogP) is 2.41. The molecule has 0 amide bonds. The van der Waals surface area contributed by atoms with Gasteiger partial charge in [-0.3, -0.25) is 9.36 Å². The molecule has 0 bridgehead atoms. The molecule has 0 unspecified atom stereocenters. The van der Waals surface area contributed by atoms with Gasteiger partial charge in [0.05, 0.1) is 19.9 Å². The Morgan fingerprint density at radius 3 is 2.54 bits per heavy atom. The van der Waals surface area contributed by atoms with Crippen LogP contribution in [0.3, 0.4) is 0 Å². The second kappa shape index (κ2) is 5.57. The van der Waals surface area contributed by atoms with Crippen molar-refractivity contribution in [2.45, 2.75) is 0 Å². The molecule has 0 N–H and O–H groups in total. The van der Waals surface area contributed by atoms with Gasteiger partial charge >= 0.3 is 0 Å². The number of rotatable bonds is 3.